The molecule has 3 nitrogen and oxygen atoms in total. The van der Waals surface area contributed by atoms with Crippen molar-refractivity contribution in [2.75, 3.05) is 0 Å². The SMILES string of the molecule is CCc1cc(-c2ccc(Cl)c(C)c2)ccc1C1=C(O)C2(C)CCC(O2)C1=O. The highest BCUT2D eigenvalue weighted by Crippen LogP contribution is 2.45. The number of ketones is 1. The Bertz CT molecular complexity index is 976. The summed E-state index contributed by atoms with van der Waals surface area (Å²) in [4.78, 5) is 12.9. The first kappa shape index (κ1) is 18.3. The lowest BCUT2D eigenvalue weighted by molar-refractivity contribution is -0.130. The third-order valence-corrected chi connectivity index (χ3v) is 6.23. The van der Waals surface area contributed by atoms with Crippen molar-refractivity contribution in [3.8, 4) is 11.1 Å². The van der Waals surface area contributed by atoms with Crippen LogP contribution in [0.15, 0.2) is 42.2 Å². The quantitative estimate of drug-likeness (QED) is 0.744. The van der Waals surface area contributed by atoms with Crippen molar-refractivity contribution in [2.45, 2.75) is 51.7 Å². The topological polar surface area (TPSA) is 46.5 Å². The molecule has 2 aromatic carbocycles. The van der Waals surface area contributed by atoms with Crippen molar-refractivity contribution in [3.63, 3.8) is 0 Å². The van der Waals surface area contributed by atoms with E-state index in [0.29, 0.717) is 18.4 Å². The van der Waals surface area contributed by atoms with E-state index >= 15 is 0 Å². The summed E-state index contributed by atoms with van der Waals surface area (Å²) in [5.41, 5.74) is 4.73. The fraction of sp³-hybridized carbons (Fsp3) is 0.348. The molecular weight excluding hydrogens is 360 g/mol. The normalized spacial score (nSPS) is 24.6. The highest BCUT2D eigenvalue weighted by Gasteiger charge is 2.50. The number of rotatable bonds is 3. The molecule has 1 N–H and O–H groups in total. The molecule has 1 saturated heterocycles. The number of carbonyl (C=O) groups is 1. The molecule has 2 atom stereocenters. The van der Waals surface area contributed by atoms with Crippen LogP contribution in [0.5, 0.6) is 0 Å². The fourth-order valence-electron chi connectivity index (χ4n) is 4.13. The van der Waals surface area contributed by atoms with Crippen molar-refractivity contribution in [1.29, 1.82) is 0 Å². The van der Waals surface area contributed by atoms with Gasteiger partial charge in [-0.2, -0.15) is 0 Å². The first-order valence-electron chi connectivity index (χ1n) is 9.39. The van der Waals surface area contributed by atoms with Crippen LogP contribution < -0.4 is 0 Å². The van der Waals surface area contributed by atoms with Crippen molar-refractivity contribution >= 4 is 23.0 Å². The fourth-order valence-corrected chi connectivity index (χ4v) is 4.25. The summed E-state index contributed by atoms with van der Waals surface area (Å²) in [6, 6.07) is 12.0. The summed E-state index contributed by atoms with van der Waals surface area (Å²) in [6.45, 7) is 5.92. The number of hydrogen-bond donors (Lipinski definition) is 1. The number of carbonyl (C=O) groups excluding carboxylic acids is 1. The van der Waals surface area contributed by atoms with E-state index in [1.54, 1.807) is 0 Å². The maximum atomic E-state index is 12.9. The number of aliphatic hydroxyl groups excluding tert-OH is 1. The van der Waals surface area contributed by atoms with Crippen LogP contribution in [0, 0.1) is 6.92 Å². The van der Waals surface area contributed by atoms with Gasteiger partial charge in [0.2, 0.25) is 0 Å². The number of hydrogen-bond acceptors (Lipinski definition) is 3. The molecule has 27 heavy (non-hydrogen) atoms. The number of halogens is 1. The molecule has 0 saturated carbocycles. The number of fused-ring (bicyclic) bond motifs is 2. The van der Waals surface area contributed by atoms with E-state index in [9.17, 15) is 9.90 Å². The molecular formula is C23H23ClO3. The van der Waals surface area contributed by atoms with Gasteiger partial charge in [-0.15, -0.1) is 0 Å². The highest BCUT2D eigenvalue weighted by molar-refractivity contribution is 6.31. The number of aryl methyl sites for hydroxylation is 2. The van der Waals surface area contributed by atoms with E-state index in [0.717, 1.165) is 39.3 Å². The summed E-state index contributed by atoms with van der Waals surface area (Å²) in [7, 11) is 0. The van der Waals surface area contributed by atoms with E-state index in [2.05, 4.69) is 19.1 Å². The van der Waals surface area contributed by atoms with Gasteiger partial charge in [0.1, 0.15) is 17.5 Å². The van der Waals surface area contributed by atoms with Crippen molar-refractivity contribution in [1.82, 2.24) is 0 Å². The largest absolute Gasteiger partial charge is 0.508 e. The molecule has 2 bridgehead atoms. The van der Waals surface area contributed by atoms with Crippen LogP contribution in [0.1, 0.15) is 43.4 Å². The van der Waals surface area contributed by atoms with E-state index in [1.807, 2.05) is 38.1 Å². The number of Topliss-reactive ketones (excluding diaryl/α,β-unsaturated/α-hetero) is 1. The average Bonchev–Trinajstić information content (AvgIpc) is 3.04. The van der Waals surface area contributed by atoms with E-state index < -0.39 is 11.7 Å². The summed E-state index contributed by atoms with van der Waals surface area (Å²) in [6.07, 6.45) is 1.65. The van der Waals surface area contributed by atoms with Gasteiger partial charge < -0.3 is 9.84 Å². The third kappa shape index (κ3) is 2.90. The summed E-state index contributed by atoms with van der Waals surface area (Å²) < 4.78 is 5.78. The predicted octanol–water partition coefficient (Wildman–Crippen LogP) is 5.67. The number of aliphatic hydroxyl groups is 1. The zero-order valence-corrected chi connectivity index (χ0v) is 16.6. The van der Waals surface area contributed by atoms with Gasteiger partial charge in [-0.05, 0) is 73.1 Å². The van der Waals surface area contributed by atoms with E-state index in [4.69, 9.17) is 16.3 Å². The molecule has 2 aliphatic heterocycles. The Morgan fingerprint density at radius 1 is 1.22 bits per heavy atom. The molecule has 4 rings (SSSR count). The van der Waals surface area contributed by atoms with Gasteiger partial charge in [0.25, 0.3) is 0 Å². The Hall–Kier alpha value is -2.10. The smallest absolute Gasteiger partial charge is 0.195 e. The second kappa shape index (κ2) is 6.50. The molecule has 0 spiro atoms. The Labute approximate surface area is 164 Å². The lowest BCUT2D eigenvalue weighted by Gasteiger charge is -2.31. The summed E-state index contributed by atoms with van der Waals surface area (Å²) >= 11 is 6.15. The lowest BCUT2D eigenvalue weighted by atomic mass is 9.86. The molecule has 2 aromatic rings. The Balaban J connectivity index is 1.83. The number of benzene rings is 2. The minimum Gasteiger partial charge on any atom is -0.508 e. The Morgan fingerprint density at radius 3 is 2.63 bits per heavy atom. The summed E-state index contributed by atoms with van der Waals surface area (Å²) in [5.74, 6) is -0.0294. The predicted molar refractivity (Wildman–Crippen MR) is 108 cm³/mol. The van der Waals surface area contributed by atoms with Gasteiger partial charge in [0, 0.05) is 5.02 Å². The first-order valence-corrected chi connectivity index (χ1v) is 9.77. The zero-order chi connectivity index (χ0) is 19.3. The minimum absolute atomic E-state index is 0.0750. The molecule has 0 aliphatic carbocycles. The van der Waals surface area contributed by atoms with E-state index in [-0.39, 0.29) is 11.5 Å². The summed E-state index contributed by atoms with van der Waals surface area (Å²) in [5, 5.41) is 11.6. The van der Waals surface area contributed by atoms with Gasteiger partial charge in [-0.3, -0.25) is 4.79 Å². The zero-order valence-electron chi connectivity index (χ0n) is 15.8. The maximum Gasteiger partial charge on any atom is 0.195 e. The molecule has 2 unspecified atom stereocenters. The van der Waals surface area contributed by atoms with Gasteiger partial charge >= 0.3 is 0 Å². The standard InChI is InChI=1S/C23H23ClO3/c1-4-14-12-16(15-6-8-18(24)13(2)11-15)5-7-17(14)20-21(25)19-9-10-23(3,27-19)22(20)26/h5-8,11-12,19,26H,4,9-10H2,1-3H3. The van der Waals surface area contributed by atoms with Gasteiger partial charge in [-0.25, -0.2) is 0 Å². The van der Waals surface area contributed by atoms with Crippen LogP contribution >= 0.6 is 11.6 Å². The van der Waals surface area contributed by atoms with Gasteiger partial charge in [0.15, 0.2) is 5.78 Å². The van der Waals surface area contributed by atoms with E-state index in [1.165, 1.54) is 0 Å². The average molecular weight is 383 g/mol. The maximum absolute atomic E-state index is 12.9. The van der Waals surface area contributed by atoms with Gasteiger partial charge in [-0.1, -0.05) is 42.8 Å². The Kier molecular flexibility index (Phi) is 4.40. The monoisotopic (exact) mass is 382 g/mol. The molecule has 1 fully saturated rings. The van der Waals surface area contributed by atoms with Crippen LogP contribution in [-0.2, 0) is 16.0 Å². The second-order valence-corrected chi connectivity index (χ2v) is 8.06. The second-order valence-electron chi connectivity index (χ2n) is 7.65. The number of ether oxygens (including phenoxy) is 1. The molecule has 0 aromatic heterocycles. The molecule has 140 valence electrons. The van der Waals surface area contributed by atoms with Crippen LogP contribution in [0.2, 0.25) is 5.02 Å². The molecule has 0 radical (unpaired) electrons. The minimum atomic E-state index is -0.745. The molecule has 2 heterocycles. The first-order chi connectivity index (χ1) is 12.8. The van der Waals surface area contributed by atoms with Gasteiger partial charge in [0.05, 0.1) is 5.57 Å². The molecule has 4 heteroatoms. The van der Waals surface area contributed by atoms with Crippen molar-refractivity contribution in [3.05, 3.63) is 63.9 Å². The molecule has 2 aliphatic rings. The molecule has 0 amide bonds. The highest BCUT2D eigenvalue weighted by atomic mass is 35.5. The van der Waals surface area contributed by atoms with Crippen LogP contribution in [0.25, 0.3) is 16.7 Å². The third-order valence-electron chi connectivity index (χ3n) is 5.81. The van der Waals surface area contributed by atoms with Crippen molar-refractivity contribution in [2.24, 2.45) is 0 Å². The van der Waals surface area contributed by atoms with Crippen LogP contribution in [0.3, 0.4) is 0 Å². The van der Waals surface area contributed by atoms with Crippen LogP contribution in [-0.4, -0.2) is 22.6 Å². The van der Waals surface area contributed by atoms with Crippen LogP contribution in [0.4, 0.5) is 0 Å². The Morgan fingerprint density at radius 2 is 1.93 bits per heavy atom. The van der Waals surface area contributed by atoms with Crippen molar-refractivity contribution < 1.29 is 14.6 Å². The lowest BCUT2D eigenvalue weighted by Crippen LogP contribution is -2.37.